The summed E-state index contributed by atoms with van der Waals surface area (Å²) in [6.45, 7) is 5.50. The average molecular weight is 430 g/mol. The highest BCUT2D eigenvalue weighted by molar-refractivity contribution is 5.97. The van der Waals surface area contributed by atoms with Gasteiger partial charge in [-0.2, -0.15) is 5.10 Å². The van der Waals surface area contributed by atoms with Crippen molar-refractivity contribution in [3.05, 3.63) is 83.2 Å². The number of methoxy groups -OCH3 is 1. The van der Waals surface area contributed by atoms with E-state index >= 15 is 0 Å². The summed E-state index contributed by atoms with van der Waals surface area (Å²) >= 11 is 0. The quantitative estimate of drug-likeness (QED) is 0.434. The number of Topliss-reactive ketones (excluding diaryl/α,β-unsaturated/α-hetero) is 1. The molecule has 0 fully saturated rings. The second-order valence-electron chi connectivity index (χ2n) is 8.36. The van der Waals surface area contributed by atoms with Crippen LogP contribution in [0.4, 0.5) is 0 Å². The molecule has 32 heavy (non-hydrogen) atoms. The maximum Gasteiger partial charge on any atom is 0.168 e. The van der Waals surface area contributed by atoms with Gasteiger partial charge in [0.2, 0.25) is 0 Å². The summed E-state index contributed by atoms with van der Waals surface area (Å²) in [5, 5.41) is 14.8. The molecule has 2 aromatic heterocycles. The maximum absolute atomic E-state index is 13.0. The van der Waals surface area contributed by atoms with E-state index in [4.69, 9.17) is 9.72 Å². The number of ether oxygens (including phenoxy) is 1. The van der Waals surface area contributed by atoms with Crippen LogP contribution in [0.3, 0.4) is 0 Å². The Morgan fingerprint density at radius 3 is 2.31 bits per heavy atom. The van der Waals surface area contributed by atoms with E-state index in [-0.39, 0.29) is 12.2 Å². The van der Waals surface area contributed by atoms with Crippen LogP contribution in [-0.4, -0.2) is 32.6 Å². The Kier molecular flexibility index (Phi) is 5.80. The van der Waals surface area contributed by atoms with E-state index in [1.54, 1.807) is 45.2 Å². The summed E-state index contributed by atoms with van der Waals surface area (Å²) in [5.41, 5.74) is 4.59. The van der Waals surface area contributed by atoms with Crippen molar-refractivity contribution in [3.8, 4) is 17.0 Å². The van der Waals surface area contributed by atoms with Crippen molar-refractivity contribution < 1.29 is 14.6 Å². The van der Waals surface area contributed by atoms with Gasteiger partial charge in [0.1, 0.15) is 5.75 Å². The van der Waals surface area contributed by atoms with Crippen LogP contribution < -0.4 is 4.74 Å². The van der Waals surface area contributed by atoms with Crippen molar-refractivity contribution in [1.82, 2.24) is 14.6 Å². The third-order valence-electron chi connectivity index (χ3n) is 5.53. The Bertz CT molecular complexity index is 1250. The molecule has 6 nitrogen and oxygen atoms in total. The predicted octanol–water partition coefficient (Wildman–Crippen LogP) is 4.62. The molecular weight excluding hydrogens is 402 g/mol. The number of rotatable bonds is 7. The number of ketones is 1. The van der Waals surface area contributed by atoms with Crippen molar-refractivity contribution in [2.75, 3.05) is 7.11 Å². The second-order valence-corrected chi connectivity index (χ2v) is 8.36. The van der Waals surface area contributed by atoms with Crippen molar-refractivity contribution in [2.24, 2.45) is 0 Å². The molecule has 4 aromatic rings. The zero-order chi connectivity index (χ0) is 22.9. The molecule has 164 valence electrons. The molecular formula is C26H27N3O3. The molecule has 0 unspecified atom stereocenters. The number of carbonyl (C=O) groups excluding carboxylic acids is 1. The number of aryl methyl sites for hydroxylation is 1. The highest BCUT2D eigenvalue weighted by Gasteiger charge is 2.18. The van der Waals surface area contributed by atoms with Crippen LogP contribution in [0.15, 0.2) is 60.7 Å². The van der Waals surface area contributed by atoms with Gasteiger partial charge < -0.3 is 9.84 Å². The monoisotopic (exact) mass is 429 g/mol. The molecule has 0 atom stereocenters. The van der Waals surface area contributed by atoms with Gasteiger partial charge in [-0.3, -0.25) is 4.79 Å². The third kappa shape index (κ3) is 4.41. The van der Waals surface area contributed by atoms with Gasteiger partial charge in [-0.25, -0.2) is 9.50 Å². The number of nitrogens with zero attached hydrogens (tertiary/aromatic N) is 3. The van der Waals surface area contributed by atoms with Crippen LogP contribution in [0.1, 0.15) is 48.1 Å². The van der Waals surface area contributed by atoms with Gasteiger partial charge in [-0.15, -0.1) is 0 Å². The first kappa shape index (κ1) is 21.7. The first-order valence-electron chi connectivity index (χ1n) is 10.7. The lowest BCUT2D eigenvalue weighted by Crippen LogP contribution is -2.15. The van der Waals surface area contributed by atoms with Crippen molar-refractivity contribution in [1.29, 1.82) is 0 Å². The molecule has 0 spiro atoms. The fraction of sp³-hybridized carbons (Fsp3) is 0.269. The molecule has 0 saturated carbocycles. The lowest BCUT2D eigenvalue weighted by Gasteiger charge is -2.17. The highest BCUT2D eigenvalue weighted by Crippen LogP contribution is 2.25. The lowest BCUT2D eigenvalue weighted by molar-refractivity contribution is 0.0784. The minimum absolute atomic E-state index is 0.0277. The maximum atomic E-state index is 13.0. The molecule has 4 rings (SSSR count). The third-order valence-corrected chi connectivity index (χ3v) is 5.53. The van der Waals surface area contributed by atoms with E-state index in [0.29, 0.717) is 11.3 Å². The van der Waals surface area contributed by atoms with Gasteiger partial charge in [-0.1, -0.05) is 31.2 Å². The van der Waals surface area contributed by atoms with Crippen LogP contribution in [0.5, 0.6) is 5.75 Å². The average Bonchev–Trinajstić information content (AvgIpc) is 3.21. The SMILES string of the molecule is CCc1cc2nc(CC(=O)c3ccc(C(C)(C)O)cc3)cc(-c3ccc(OC)cc3)n2n1. The van der Waals surface area contributed by atoms with E-state index in [1.165, 1.54) is 0 Å². The number of fused-ring (bicyclic) bond motifs is 1. The molecule has 0 aliphatic rings. The molecule has 1 N–H and O–H groups in total. The van der Waals surface area contributed by atoms with Crippen LogP contribution in [0, 0.1) is 0 Å². The van der Waals surface area contributed by atoms with Crippen molar-refractivity contribution in [2.45, 2.75) is 39.2 Å². The zero-order valence-electron chi connectivity index (χ0n) is 18.8. The van der Waals surface area contributed by atoms with Crippen LogP contribution in [0.2, 0.25) is 0 Å². The van der Waals surface area contributed by atoms with Gasteiger partial charge >= 0.3 is 0 Å². The molecule has 0 aliphatic carbocycles. The summed E-state index contributed by atoms with van der Waals surface area (Å²) in [7, 11) is 1.64. The smallest absolute Gasteiger partial charge is 0.168 e. The van der Waals surface area contributed by atoms with E-state index in [2.05, 4.69) is 12.0 Å². The van der Waals surface area contributed by atoms with E-state index in [0.717, 1.165) is 40.3 Å². The number of carbonyl (C=O) groups is 1. The minimum atomic E-state index is -0.944. The lowest BCUT2D eigenvalue weighted by atomic mass is 9.96. The molecule has 2 aromatic carbocycles. The summed E-state index contributed by atoms with van der Waals surface area (Å²) in [6.07, 6.45) is 0.974. The fourth-order valence-electron chi connectivity index (χ4n) is 3.64. The molecule has 0 saturated heterocycles. The number of hydrogen-bond acceptors (Lipinski definition) is 5. The summed E-state index contributed by atoms with van der Waals surface area (Å²) in [6, 6.07) is 18.7. The van der Waals surface area contributed by atoms with Gasteiger partial charge in [0.05, 0.1) is 36.2 Å². The number of hydrogen-bond donors (Lipinski definition) is 1. The molecule has 2 heterocycles. The molecule has 0 amide bonds. The van der Waals surface area contributed by atoms with Gasteiger partial charge in [0, 0.05) is 17.2 Å². The van der Waals surface area contributed by atoms with Crippen LogP contribution in [-0.2, 0) is 18.4 Å². The first-order chi connectivity index (χ1) is 15.3. The Labute approximate surface area is 187 Å². The topological polar surface area (TPSA) is 76.7 Å². The Hall–Kier alpha value is -3.51. The summed E-state index contributed by atoms with van der Waals surface area (Å²) in [4.78, 5) is 17.7. The molecule has 0 bridgehead atoms. The minimum Gasteiger partial charge on any atom is -0.497 e. The standard InChI is InChI=1S/C26H27N3O3/c1-5-20-16-25-27-21(15-24(30)18-6-10-19(11-7-18)26(2,3)31)14-23(29(25)28-20)17-8-12-22(32-4)13-9-17/h6-14,16,31H,5,15H2,1-4H3. The predicted molar refractivity (Wildman–Crippen MR) is 124 cm³/mol. The zero-order valence-corrected chi connectivity index (χ0v) is 18.8. The van der Waals surface area contributed by atoms with Gasteiger partial charge in [0.15, 0.2) is 11.4 Å². The largest absolute Gasteiger partial charge is 0.497 e. The second kappa shape index (κ2) is 8.55. The van der Waals surface area contributed by atoms with Gasteiger partial charge in [-0.05, 0) is 56.2 Å². The summed E-state index contributed by atoms with van der Waals surface area (Å²) < 4.78 is 7.10. The first-order valence-corrected chi connectivity index (χ1v) is 10.7. The number of aromatic nitrogens is 3. The van der Waals surface area contributed by atoms with Crippen molar-refractivity contribution >= 4 is 11.4 Å². The molecule has 0 radical (unpaired) electrons. The Balaban J connectivity index is 1.70. The van der Waals surface area contributed by atoms with E-state index in [9.17, 15) is 9.90 Å². The summed E-state index contributed by atoms with van der Waals surface area (Å²) in [5.74, 6) is 0.749. The number of benzene rings is 2. The van der Waals surface area contributed by atoms with Crippen molar-refractivity contribution in [3.63, 3.8) is 0 Å². The highest BCUT2D eigenvalue weighted by atomic mass is 16.5. The number of aliphatic hydroxyl groups is 1. The normalized spacial score (nSPS) is 11.7. The van der Waals surface area contributed by atoms with Gasteiger partial charge in [0.25, 0.3) is 0 Å². The molecule has 6 heteroatoms. The van der Waals surface area contributed by atoms with Crippen LogP contribution >= 0.6 is 0 Å². The van der Waals surface area contributed by atoms with Crippen LogP contribution in [0.25, 0.3) is 16.9 Å². The fourth-order valence-corrected chi connectivity index (χ4v) is 3.64. The Morgan fingerprint density at radius 1 is 1.03 bits per heavy atom. The Morgan fingerprint density at radius 2 is 1.72 bits per heavy atom. The molecule has 0 aliphatic heterocycles. The van der Waals surface area contributed by atoms with E-state index in [1.807, 2.05) is 40.9 Å². The van der Waals surface area contributed by atoms with E-state index < -0.39 is 5.60 Å².